The molecule has 0 spiro atoms. The van der Waals surface area contributed by atoms with Crippen LogP contribution in [0, 0.1) is 9.39 Å². The lowest BCUT2D eigenvalue weighted by molar-refractivity contribution is 0.625. The van der Waals surface area contributed by atoms with E-state index < -0.39 is 0 Å². The Balaban J connectivity index is 2.05. The Kier molecular flexibility index (Phi) is 3.67. The first-order valence-electron chi connectivity index (χ1n) is 6.20. The van der Waals surface area contributed by atoms with E-state index in [-0.39, 0.29) is 11.9 Å². The van der Waals surface area contributed by atoms with E-state index in [1.165, 1.54) is 12.1 Å². The van der Waals surface area contributed by atoms with Gasteiger partial charge in [-0.2, -0.15) is 0 Å². The molecule has 0 radical (unpaired) electrons. The molecule has 20 heavy (non-hydrogen) atoms. The van der Waals surface area contributed by atoms with Crippen molar-refractivity contribution in [1.29, 1.82) is 0 Å². The molecule has 100 valence electrons. The number of nitrogens with zero attached hydrogens (tertiary/aromatic N) is 1. The molecule has 0 aliphatic rings. The summed E-state index contributed by atoms with van der Waals surface area (Å²) in [5.41, 5.74) is 9.11. The van der Waals surface area contributed by atoms with Gasteiger partial charge in [-0.05, 0) is 58.0 Å². The van der Waals surface area contributed by atoms with Crippen LogP contribution in [0.5, 0.6) is 0 Å². The fourth-order valence-electron chi connectivity index (χ4n) is 2.21. The van der Waals surface area contributed by atoms with Crippen LogP contribution in [0.3, 0.4) is 0 Å². The van der Waals surface area contributed by atoms with Crippen molar-refractivity contribution in [2.75, 3.05) is 0 Å². The smallest absolute Gasteiger partial charge is 0.124 e. The van der Waals surface area contributed by atoms with Crippen molar-refractivity contribution in [3.05, 3.63) is 75.2 Å². The largest absolute Gasteiger partial charge is 0.320 e. The second kappa shape index (κ2) is 5.46. The average molecular weight is 378 g/mol. The molecule has 1 unspecified atom stereocenters. The van der Waals surface area contributed by atoms with Crippen molar-refractivity contribution in [1.82, 2.24) is 4.98 Å². The maximum atomic E-state index is 13.2. The summed E-state index contributed by atoms with van der Waals surface area (Å²) in [5, 5.41) is 1.08. The van der Waals surface area contributed by atoms with E-state index in [0.717, 1.165) is 25.6 Å². The van der Waals surface area contributed by atoms with E-state index in [1.807, 2.05) is 30.3 Å². The molecule has 2 nitrogen and oxygen atoms in total. The average Bonchev–Trinajstić information content (AvgIpc) is 2.46. The second-order valence-corrected chi connectivity index (χ2v) is 5.76. The van der Waals surface area contributed by atoms with Crippen LogP contribution in [-0.4, -0.2) is 4.98 Å². The molecule has 0 fully saturated rings. The number of hydrogen-bond acceptors (Lipinski definition) is 2. The van der Waals surface area contributed by atoms with Crippen LogP contribution >= 0.6 is 22.6 Å². The van der Waals surface area contributed by atoms with E-state index in [1.54, 1.807) is 12.3 Å². The predicted molar refractivity (Wildman–Crippen MR) is 86.9 cm³/mol. The highest BCUT2D eigenvalue weighted by Gasteiger charge is 2.13. The van der Waals surface area contributed by atoms with Crippen LogP contribution in [0.15, 0.2) is 54.7 Å². The third-order valence-corrected chi connectivity index (χ3v) is 4.22. The SMILES string of the molecule is NC(c1ccc2cccnc2c1)c1ccc(F)cc1I. The first-order valence-corrected chi connectivity index (χ1v) is 7.28. The van der Waals surface area contributed by atoms with E-state index >= 15 is 0 Å². The molecule has 1 heterocycles. The molecular formula is C16H12FIN2. The summed E-state index contributed by atoms with van der Waals surface area (Å²) in [5.74, 6) is -0.245. The summed E-state index contributed by atoms with van der Waals surface area (Å²) in [7, 11) is 0. The number of hydrogen-bond donors (Lipinski definition) is 1. The Morgan fingerprint density at radius 1 is 1.10 bits per heavy atom. The molecule has 2 aromatic carbocycles. The van der Waals surface area contributed by atoms with Crippen molar-refractivity contribution in [3.8, 4) is 0 Å². The lowest BCUT2D eigenvalue weighted by Crippen LogP contribution is -2.13. The van der Waals surface area contributed by atoms with Crippen molar-refractivity contribution >= 4 is 33.5 Å². The van der Waals surface area contributed by atoms with Gasteiger partial charge in [0, 0.05) is 15.2 Å². The summed E-state index contributed by atoms with van der Waals surface area (Å²) < 4.78 is 14.0. The number of nitrogens with two attached hydrogens (primary N) is 1. The zero-order valence-electron chi connectivity index (χ0n) is 10.6. The van der Waals surface area contributed by atoms with Crippen LogP contribution in [0.4, 0.5) is 4.39 Å². The number of halogens is 2. The second-order valence-electron chi connectivity index (χ2n) is 4.60. The summed E-state index contributed by atoms with van der Waals surface area (Å²) in [6.45, 7) is 0. The Hall–Kier alpha value is -1.53. The molecular weight excluding hydrogens is 366 g/mol. The summed E-state index contributed by atoms with van der Waals surface area (Å²) in [6, 6.07) is 14.3. The highest BCUT2D eigenvalue weighted by Crippen LogP contribution is 2.26. The molecule has 1 aromatic heterocycles. The molecule has 3 rings (SSSR count). The molecule has 0 amide bonds. The zero-order chi connectivity index (χ0) is 14.1. The molecule has 3 aromatic rings. The maximum absolute atomic E-state index is 13.2. The first kappa shape index (κ1) is 13.5. The van der Waals surface area contributed by atoms with Crippen LogP contribution in [0.1, 0.15) is 17.2 Å². The highest BCUT2D eigenvalue weighted by molar-refractivity contribution is 14.1. The molecule has 2 N–H and O–H groups in total. The van der Waals surface area contributed by atoms with Gasteiger partial charge in [-0.1, -0.05) is 24.3 Å². The van der Waals surface area contributed by atoms with Gasteiger partial charge >= 0.3 is 0 Å². The van der Waals surface area contributed by atoms with Gasteiger partial charge < -0.3 is 5.73 Å². The van der Waals surface area contributed by atoms with Gasteiger partial charge in [0.1, 0.15) is 5.82 Å². The van der Waals surface area contributed by atoms with Crippen molar-refractivity contribution in [2.45, 2.75) is 6.04 Å². The Morgan fingerprint density at radius 2 is 1.95 bits per heavy atom. The minimum Gasteiger partial charge on any atom is -0.320 e. The van der Waals surface area contributed by atoms with E-state index in [9.17, 15) is 4.39 Å². The van der Waals surface area contributed by atoms with Crippen LogP contribution in [-0.2, 0) is 0 Å². The van der Waals surface area contributed by atoms with E-state index in [0.29, 0.717) is 0 Å². The molecule has 0 saturated heterocycles. The minimum atomic E-state index is -0.283. The quantitative estimate of drug-likeness (QED) is 0.684. The van der Waals surface area contributed by atoms with Gasteiger partial charge in [-0.3, -0.25) is 4.98 Å². The van der Waals surface area contributed by atoms with Gasteiger partial charge in [0.15, 0.2) is 0 Å². The van der Waals surface area contributed by atoms with Crippen molar-refractivity contribution in [3.63, 3.8) is 0 Å². The Morgan fingerprint density at radius 3 is 2.75 bits per heavy atom. The number of aromatic nitrogens is 1. The molecule has 0 saturated carbocycles. The van der Waals surface area contributed by atoms with Gasteiger partial charge in [0.2, 0.25) is 0 Å². The molecule has 4 heteroatoms. The fourth-order valence-corrected chi connectivity index (χ4v) is 3.02. The highest BCUT2D eigenvalue weighted by atomic mass is 127. The Labute approximate surface area is 130 Å². The van der Waals surface area contributed by atoms with Crippen LogP contribution in [0.2, 0.25) is 0 Å². The normalized spacial score (nSPS) is 12.6. The number of rotatable bonds is 2. The molecule has 1 atom stereocenters. The third-order valence-electron chi connectivity index (χ3n) is 3.29. The molecule has 0 aliphatic carbocycles. The maximum Gasteiger partial charge on any atom is 0.124 e. The van der Waals surface area contributed by atoms with E-state index in [2.05, 4.69) is 27.6 Å². The van der Waals surface area contributed by atoms with Gasteiger partial charge in [-0.15, -0.1) is 0 Å². The molecule has 0 bridgehead atoms. The lowest BCUT2D eigenvalue weighted by atomic mass is 9.98. The number of pyridine rings is 1. The summed E-state index contributed by atoms with van der Waals surface area (Å²) in [6.07, 6.45) is 1.76. The third kappa shape index (κ3) is 2.53. The monoisotopic (exact) mass is 378 g/mol. The van der Waals surface area contributed by atoms with E-state index in [4.69, 9.17) is 5.73 Å². The zero-order valence-corrected chi connectivity index (χ0v) is 12.7. The molecule has 0 aliphatic heterocycles. The predicted octanol–water partition coefficient (Wildman–Crippen LogP) is 4.03. The van der Waals surface area contributed by atoms with Crippen LogP contribution < -0.4 is 5.73 Å². The minimum absolute atomic E-state index is 0.245. The summed E-state index contributed by atoms with van der Waals surface area (Å²) in [4.78, 5) is 4.34. The Bertz CT molecular complexity index is 773. The summed E-state index contributed by atoms with van der Waals surface area (Å²) >= 11 is 2.11. The number of benzene rings is 2. The van der Waals surface area contributed by atoms with Crippen molar-refractivity contribution < 1.29 is 4.39 Å². The standard InChI is InChI=1S/C16H12FIN2/c17-12-5-6-13(14(18)9-12)16(19)11-4-3-10-2-1-7-20-15(10)8-11/h1-9,16H,19H2. The van der Waals surface area contributed by atoms with Crippen molar-refractivity contribution in [2.24, 2.45) is 5.73 Å². The lowest BCUT2D eigenvalue weighted by Gasteiger charge is -2.15. The first-order chi connectivity index (χ1) is 9.65. The fraction of sp³-hybridized carbons (Fsp3) is 0.0625. The number of fused-ring (bicyclic) bond motifs is 1. The van der Waals surface area contributed by atoms with Gasteiger partial charge in [0.25, 0.3) is 0 Å². The topological polar surface area (TPSA) is 38.9 Å². The van der Waals surface area contributed by atoms with Crippen LogP contribution in [0.25, 0.3) is 10.9 Å². The van der Waals surface area contributed by atoms with Gasteiger partial charge in [-0.25, -0.2) is 4.39 Å². The van der Waals surface area contributed by atoms with Gasteiger partial charge in [0.05, 0.1) is 11.6 Å².